The minimum absolute atomic E-state index is 0.0640. The van der Waals surface area contributed by atoms with Crippen LogP contribution in [0.2, 0.25) is 0 Å². The van der Waals surface area contributed by atoms with Gasteiger partial charge in [0.05, 0.1) is 0 Å². The maximum absolute atomic E-state index is 12.5. The average molecular weight is 431 g/mol. The van der Waals surface area contributed by atoms with E-state index in [1.807, 2.05) is 0 Å². The van der Waals surface area contributed by atoms with Crippen molar-refractivity contribution < 1.29 is 9.59 Å². The number of carbonyl (C=O) groups excluding carboxylic acids is 2. The van der Waals surface area contributed by atoms with Crippen molar-refractivity contribution >= 4 is 34.8 Å². The maximum Gasteiger partial charge on any atom is 0.224 e. The van der Waals surface area contributed by atoms with Gasteiger partial charge in [0.1, 0.15) is 21.5 Å². The van der Waals surface area contributed by atoms with Gasteiger partial charge in [-0.1, -0.05) is 101 Å². The summed E-state index contributed by atoms with van der Waals surface area (Å²) in [6.45, 7) is 5.61. The molecule has 0 bridgehead atoms. The van der Waals surface area contributed by atoms with Crippen molar-refractivity contribution in [3.05, 3.63) is 21.5 Å². The largest absolute Gasteiger partial charge is 0.381 e. The molecule has 0 radical (unpaired) electrons. The van der Waals surface area contributed by atoms with Crippen molar-refractivity contribution in [1.29, 1.82) is 0 Å². The van der Waals surface area contributed by atoms with E-state index >= 15 is 0 Å². The quantitative estimate of drug-likeness (QED) is 0.235. The molecule has 0 amide bonds. The molecule has 0 aliphatic heterocycles. The monoisotopic (exact) mass is 430 g/mol. The SMILES string of the molecule is CCCCCCCCNC1=C(Cl)C(=O)C(NCCCCCCCC)=C(Cl)C1=O. The van der Waals surface area contributed by atoms with Crippen LogP contribution in [-0.2, 0) is 9.59 Å². The van der Waals surface area contributed by atoms with E-state index in [0.29, 0.717) is 13.1 Å². The Morgan fingerprint density at radius 1 is 0.571 bits per heavy atom. The van der Waals surface area contributed by atoms with Crippen LogP contribution in [0, 0.1) is 0 Å². The van der Waals surface area contributed by atoms with Crippen LogP contribution in [0.25, 0.3) is 0 Å². The number of unbranched alkanes of at least 4 members (excludes halogenated alkanes) is 10. The molecule has 0 saturated heterocycles. The number of halogens is 2. The number of ketones is 2. The summed E-state index contributed by atoms with van der Waals surface area (Å²) in [7, 11) is 0. The summed E-state index contributed by atoms with van der Waals surface area (Å²) in [5.41, 5.74) is 0.269. The van der Waals surface area contributed by atoms with Gasteiger partial charge in [0, 0.05) is 13.1 Å². The molecule has 2 N–H and O–H groups in total. The molecule has 4 nitrogen and oxygen atoms in total. The van der Waals surface area contributed by atoms with Crippen molar-refractivity contribution in [2.24, 2.45) is 0 Å². The minimum atomic E-state index is -0.400. The molecule has 160 valence electrons. The minimum Gasteiger partial charge on any atom is -0.381 e. The van der Waals surface area contributed by atoms with Crippen molar-refractivity contribution in [1.82, 2.24) is 10.6 Å². The zero-order valence-corrected chi connectivity index (χ0v) is 19.0. The van der Waals surface area contributed by atoms with Gasteiger partial charge < -0.3 is 10.6 Å². The topological polar surface area (TPSA) is 58.2 Å². The molecular weight excluding hydrogens is 395 g/mol. The lowest BCUT2D eigenvalue weighted by Gasteiger charge is -2.20. The zero-order chi connectivity index (χ0) is 20.8. The number of hydrogen-bond acceptors (Lipinski definition) is 4. The molecule has 0 atom stereocenters. The number of allylic oxidation sites excluding steroid dienone is 2. The van der Waals surface area contributed by atoms with Crippen LogP contribution in [0.5, 0.6) is 0 Å². The van der Waals surface area contributed by atoms with E-state index in [1.165, 1.54) is 51.4 Å². The lowest BCUT2D eigenvalue weighted by Crippen LogP contribution is -2.34. The first-order chi connectivity index (χ1) is 13.5. The second-order valence-corrected chi connectivity index (χ2v) is 8.18. The molecule has 28 heavy (non-hydrogen) atoms. The van der Waals surface area contributed by atoms with Gasteiger partial charge in [-0.05, 0) is 12.8 Å². The summed E-state index contributed by atoms with van der Waals surface area (Å²) >= 11 is 12.4. The molecule has 0 saturated carbocycles. The third kappa shape index (κ3) is 8.57. The summed E-state index contributed by atoms with van der Waals surface area (Å²) in [6, 6.07) is 0. The van der Waals surface area contributed by atoms with E-state index in [2.05, 4.69) is 24.5 Å². The number of Topliss-reactive ketones (excluding diaryl/α,β-unsaturated/α-hetero) is 2. The highest BCUT2D eigenvalue weighted by Gasteiger charge is 2.33. The Morgan fingerprint density at radius 3 is 1.25 bits per heavy atom. The fourth-order valence-electron chi connectivity index (χ4n) is 3.20. The number of rotatable bonds is 16. The summed E-state index contributed by atoms with van der Waals surface area (Å²) < 4.78 is 0. The highest BCUT2D eigenvalue weighted by atomic mass is 35.5. The number of carbonyl (C=O) groups is 2. The van der Waals surface area contributed by atoms with Crippen LogP contribution in [0.15, 0.2) is 21.5 Å². The second-order valence-electron chi connectivity index (χ2n) is 7.43. The predicted molar refractivity (Wildman–Crippen MR) is 119 cm³/mol. The fourth-order valence-corrected chi connectivity index (χ4v) is 3.69. The van der Waals surface area contributed by atoms with Gasteiger partial charge >= 0.3 is 0 Å². The van der Waals surface area contributed by atoms with Gasteiger partial charge in [0.25, 0.3) is 0 Å². The Hall–Kier alpha value is -1.00. The number of hydrogen-bond donors (Lipinski definition) is 2. The summed E-state index contributed by atoms with van der Waals surface area (Å²) in [4.78, 5) is 25.0. The highest BCUT2D eigenvalue weighted by molar-refractivity contribution is 6.55. The van der Waals surface area contributed by atoms with Crippen LogP contribution in [0.1, 0.15) is 90.9 Å². The Kier molecular flexibility index (Phi) is 13.3. The molecule has 1 aliphatic carbocycles. The van der Waals surface area contributed by atoms with Crippen molar-refractivity contribution in [2.45, 2.75) is 90.9 Å². The zero-order valence-electron chi connectivity index (χ0n) is 17.5. The van der Waals surface area contributed by atoms with Gasteiger partial charge in [-0.25, -0.2) is 0 Å². The Labute approximate surface area is 180 Å². The van der Waals surface area contributed by atoms with E-state index in [0.717, 1.165) is 25.7 Å². The van der Waals surface area contributed by atoms with Crippen LogP contribution < -0.4 is 10.6 Å². The first kappa shape index (κ1) is 25.0. The van der Waals surface area contributed by atoms with E-state index < -0.39 is 11.6 Å². The molecule has 0 spiro atoms. The van der Waals surface area contributed by atoms with Gasteiger partial charge in [-0.2, -0.15) is 0 Å². The number of nitrogens with one attached hydrogen (secondary N) is 2. The molecule has 0 unspecified atom stereocenters. The molecule has 0 fully saturated rings. The van der Waals surface area contributed by atoms with Gasteiger partial charge in [-0.3, -0.25) is 9.59 Å². The summed E-state index contributed by atoms with van der Waals surface area (Å²) in [5.74, 6) is -0.801. The Balaban J connectivity index is 2.43. The van der Waals surface area contributed by atoms with Gasteiger partial charge in [0.2, 0.25) is 11.6 Å². The average Bonchev–Trinajstić information content (AvgIpc) is 2.69. The summed E-state index contributed by atoms with van der Waals surface area (Å²) in [5, 5.41) is 5.91. The van der Waals surface area contributed by atoms with Crippen molar-refractivity contribution in [3.8, 4) is 0 Å². The maximum atomic E-state index is 12.5. The standard InChI is InChI=1S/C22H36Cl2N2O2/c1-3-5-7-9-11-13-15-25-19-17(23)22(28)20(18(24)21(19)27)26-16-14-12-10-8-6-4-2/h25-26H,3-16H2,1-2H3. The predicted octanol–water partition coefficient (Wildman–Crippen LogP) is 5.94. The van der Waals surface area contributed by atoms with Gasteiger partial charge in [0.15, 0.2) is 0 Å². The van der Waals surface area contributed by atoms with Crippen molar-refractivity contribution in [3.63, 3.8) is 0 Å². The lowest BCUT2D eigenvalue weighted by atomic mass is 10.0. The van der Waals surface area contributed by atoms with E-state index in [4.69, 9.17) is 23.2 Å². The van der Waals surface area contributed by atoms with E-state index in [9.17, 15) is 9.59 Å². The Morgan fingerprint density at radius 2 is 0.893 bits per heavy atom. The second kappa shape index (κ2) is 14.9. The molecule has 0 aromatic rings. The van der Waals surface area contributed by atoms with Crippen LogP contribution in [0.4, 0.5) is 0 Å². The van der Waals surface area contributed by atoms with Gasteiger partial charge in [-0.15, -0.1) is 0 Å². The van der Waals surface area contributed by atoms with E-state index in [1.54, 1.807) is 0 Å². The Bertz CT molecular complexity index is 521. The molecule has 0 aromatic carbocycles. The molecule has 0 heterocycles. The van der Waals surface area contributed by atoms with Crippen molar-refractivity contribution in [2.75, 3.05) is 13.1 Å². The normalized spacial score (nSPS) is 14.9. The first-order valence-corrected chi connectivity index (χ1v) is 11.7. The molecular formula is C22H36Cl2N2O2. The van der Waals surface area contributed by atoms with Crippen LogP contribution in [0.3, 0.4) is 0 Å². The third-order valence-corrected chi connectivity index (χ3v) is 5.68. The molecule has 6 heteroatoms. The third-order valence-electron chi connectivity index (χ3n) is 4.96. The molecule has 1 aliphatic rings. The first-order valence-electron chi connectivity index (χ1n) is 10.9. The molecule has 1 rings (SSSR count). The van der Waals surface area contributed by atoms with Crippen LogP contribution in [-0.4, -0.2) is 24.7 Å². The fraction of sp³-hybridized carbons (Fsp3) is 0.727. The van der Waals surface area contributed by atoms with E-state index in [-0.39, 0.29) is 21.5 Å². The summed E-state index contributed by atoms with van der Waals surface area (Å²) in [6.07, 6.45) is 13.8. The highest BCUT2D eigenvalue weighted by Crippen LogP contribution is 2.27. The van der Waals surface area contributed by atoms with Crippen LogP contribution >= 0.6 is 23.2 Å². The lowest BCUT2D eigenvalue weighted by molar-refractivity contribution is -0.116. The molecule has 0 aromatic heterocycles. The smallest absolute Gasteiger partial charge is 0.224 e.